The van der Waals surface area contributed by atoms with Gasteiger partial charge < -0.3 is 15.4 Å². The van der Waals surface area contributed by atoms with E-state index in [0.29, 0.717) is 6.10 Å². The first-order chi connectivity index (χ1) is 7.38. The van der Waals surface area contributed by atoms with Crippen molar-refractivity contribution in [1.82, 2.24) is 0 Å². The van der Waals surface area contributed by atoms with E-state index in [0.717, 1.165) is 32.8 Å². The summed E-state index contributed by atoms with van der Waals surface area (Å²) < 4.78 is 5.61. The van der Waals surface area contributed by atoms with Gasteiger partial charge in [0.15, 0.2) is 6.10 Å². The summed E-state index contributed by atoms with van der Waals surface area (Å²) in [4.78, 5) is 1.61. The second-order valence-corrected chi connectivity index (χ2v) is 4.15. The number of nitrogens with one attached hydrogen (secondary N) is 1. The number of rotatable bonds is 3. The van der Waals surface area contributed by atoms with Crippen molar-refractivity contribution in [2.24, 2.45) is 0 Å². The molecule has 1 aliphatic heterocycles. The Morgan fingerprint density at radius 3 is 2.87 bits per heavy atom. The predicted octanol–water partition coefficient (Wildman–Crippen LogP) is -1.29. The third-order valence-electron chi connectivity index (χ3n) is 2.94. The van der Waals surface area contributed by atoms with Crippen molar-refractivity contribution in [1.29, 1.82) is 0 Å². The smallest absolute Gasteiger partial charge is 0.155 e. The molecule has 1 aromatic rings. The Hall–Kier alpha value is -0.900. The highest BCUT2D eigenvalue weighted by atomic mass is 16.5. The molecule has 0 aromatic heterocycles. The van der Waals surface area contributed by atoms with Gasteiger partial charge in [-0.25, -0.2) is 0 Å². The molecule has 4 N–H and O–H groups in total. The minimum Gasteiger partial charge on any atom is -0.361 e. The minimum absolute atomic E-state index is 0.359. The lowest BCUT2D eigenvalue weighted by atomic mass is 10.2. The number of ether oxygens (including phenoxy) is 1. The van der Waals surface area contributed by atoms with Gasteiger partial charge in [-0.05, 0) is 0 Å². The molecule has 0 spiro atoms. The van der Waals surface area contributed by atoms with Crippen LogP contribution < -0.4 is 10.6 Å². The molecule has 1 heterocycles. The largest absolute Gasteiger partial charge is 0.361 e. The molecule has 0 amide bonds. The van der Waals surface area contributed by atoms with E-state index < -0.39 is 0 Å². The Kier molecular flexibility index (Phi) is 3.72. The molecular weight excluding hydrogens is 188 g/mol. The molecule has 3 nitrogen and oxygen atoms in total. The van der Waals surface area contributed by atoms with E-state index >= 15 is 0 Å². The summed E-state index contributed by atoms with van der Waals surface area (Å²) in [6, 6.07) is 10.7. The first-order valence-corrected chi connectivity index (χ1v) is 5.67. The van der Waals surface area contributed by atoms with E-state index in [1.54, 1.807) is 4.90 Å². The van der Waals surface area contributed by atoms with Crippen LogP contribution in [0.2, 0.25) is 0 Å². The highest BCUT2D eigenvalue weighted by molar-refractivity contribution is 5.13. The molecule has 3 heteroatoms. The number of hydrogen-bond donors (Lipinski definition) is 2. The van der Waals surface area contributed by atoms with Crippen LogP contribution in [0.1, 0.15) is 5.56 Å². The molecular formula is C12H20N2O+2. The average Bonchev–Trinajstić information content (AvgIpc) is 2.31. The summed E-state index contributed by atoms with van der Waals surface area (Å²) in [6.45, 7) is 5.09. The molecule has 2 atom stereocenters. The molecule has 82 valence electrons. The number of benzene rings is 1. The third-order valence-corrected chi connectivity index (χ3v) is 2.94. The summed E-state index contributed by atoms with van der Waals surface area (Å²) in [7, 11) is 0. The highest BCUT2D eigenvalue weighted by Crippen LogP contribution is 1.96. The van der Waals surface area contributed by atoms with Crippen molar-refractivity contribution in [2.45, 2.75) is 12.6 Å². The average molecular weight is 208 g/mol. The van der Waals surface area contributed by atoms with Crippen LogP contribution in [0.4, 0.5) is 0 Å². The second-order valence-electron chi connectivity index (χ2n) is 4.15. The predicted molar refractivity (Wildman–Crippen MR) is 58.3 cm³/mol. The maximum atomic E-state index is 5.61. The summed E-state index contributed by atoms with van der Waals surface area (Å²) in [5, 5.41) is 0. The molecule has 1 unspecified atom stereocenters. The minimum atomic E-state index is 0.359. The molecule has 0 bridgehead atoms. The van der Waals surface area contributed by atoms with E-state index in [1.165, 1.54) is 5.56 Å². The van der Waals surface area contributed by atoms with Gasteiger partial charge in [0.1, 0.15) is 26.2 Å². The standard InChI is InChI=1S/C12H18N2O/c13-8-12-10-14(6-7-15-12)9-11-4-2-1-3-5-11/h1-5,12H,6-10,13H2/p+2/t12-/m0/s1. The SMILES string of the molecule is [NH3+]C[C@H]1C[NH+](Cc2ccccc2)CCO1. The molecule has 2 rings (SSSR count). The molecule has 1 saturated heterocycles. The Morgan fingerprint density at radius 2 is 2.13 bits per heavy atom. The molecule has 1 fully saturated rings. The van der Waals surface area contributed by atoms with Gasteiger partial charge in [-0.1, -0.05) is 30.3 Å². The van der Waals surface area contributed by atoms with E-state index in [9.17, 15) is 0 Å². The van der Waals surface area contributed by atoms with Gasteiger partial charge in [-0.2, -0.15) is 0 Å². The van der Waals surface area contributed by atoms with Gasteiger partial charge in [0.25, 0.3) is 0 Å². The van der Waals surface area contributed by atoms with Crippen LogP contribution in [0.5, 0.6) is 0 Å². The van der Waals surface area contributed by atoms with Gasteiger partial charge in [0, 0.05) is 5.56 Å². The Labute approximate surface area is 90.8 Å². The summed E-state index contributed by atoms with van der Waals surface area (Å²) in [5.74, 6) is 0. The zero-order valence-electron chi connectivity index (χ0n) is 9.11. The van der Waals surface area contributed by atoms with Crippen LogP contribution >= 0.6 is 0 Å². The fourth-order valence-electron chi connectivity index (χ4n) is 2.08. The lowest BCUT2D eigenvalue weighted by molar-refractivity contribution is -0.926. The van der Waals surface area contributed by atoms with Crippen molar-refractivity contribution in [3.8, 4) is 0 Å². The van der Waals surface area contributed by atoms with Crippen LogP contribution in [-0.4, -0.2) is 32.3 Å². The number of hydrogen-bond acceptors (Lipinski definition) is 1. The lowest BCUT2D eigenvalue weighted by Crippen LogP contribution is -3.14. The fraction of sp³-hybridized carbons (Fsp3) is 0.500. The highest BCUT2D eigenvalue weighted by Gasteiger charge is 2.23. The summed E-state index contributed by atoms with van der Waals surface area (Å²) >= 11 is 0. The van der Waals surface area contributed by atoms with E-state index in [1.807, 2.05) is 0 Å². The zero-order valence-corrected chi connectivity index (χ0v) is 9.11. The van der Waals surface area contributed by atoms with Crippen molar-refractivity contribution in [3.05, 3.63) is 35.9 Å². The van der Waals surface area contributed by atoms with Crippen LogP contribution in [0.25, 0.3) is 0 Å². The van der Waals surface area contributed by atoms with Crippen molar-refractivity contribution in [3.63, 3.8) is 0 Å². The van der Waals surface area contributed by atoms with Gasteiger partial charge in [0.05, 0.1) is 6.61 Å². The molecule has 0 aliphatic carbocycles. The quantitative estimate of drug-likeness (QED) is 0.638. The van der Waals surface area contributed by atoms with E-state index in [4.69, 9.17) is 4.74 Å². The molecule has 0 radical (unpaired) electrons. The van der Waals surface area contributed by atoms with Crippen molar-refractivity contribution >= 4 is 0 Å². The number of morpholine rings is 1. The first-order valence-electron chi connectivity index (χ1n) is 5.67. The first kappa shape index (κ1) is 10.6. The van der Waals surface area contributed by atoms with Gasteiger partial charge in [-0.3, -0.25) is 0 Å². The molecule has 15 heavy (non-hydrogen) atoms. The Bertz CT molecular complexity index is 289. The third kappa shape index (κ3) is 3.02. The van der Waals surface area contributed by atoms with Crippen molar-refractivity contribution < 1.29 is 15.4 Å². The molecule has 1 aromatic carbocycles. The van der Waals surface area contributed by atoms with E-state index in [-0.39, 0.29) is 0 Å². The van der Waals surface area contributed by atoms with E-state index in [2.05, 4.69) is 36.1 Å². The van der Waals surface area contributed by atoms with Gasteiger partial charge in [0.2, 0.25) is 0 Å². The molecule has 1 aliphatic rings. The lowest BCUT2D eigenvalue weighted by Gasteiger charge is -2.28. The zero-order chi connectivity index (χ0) is 10.5. The monoisotopic (exact) mass is 208 g/mol. The Morgan fingerprint density at radius 1 is 1.33 bits per heavy atom. The van der Waals surface area contributed by atoms with Crippen LogP contribution in [0.15, 0.2) is 30.3 Å². The second kappa shape index (κ2) is 5.26. The van der Waals surface area contributed by atoms with Crippen molar-refractivity contribution in [2.75, 3.05) is 26.2 Å². The summed E-state index contributed by atoms with van der Waals surface area (Å²) in [5.41, 5.74) is 5.33. The van der Waals surface area contributed by atoms with Gasteiger partial charge in [-0.15, -0.1) is 0 Å². The number of quaternary nitrogens is 2. The normalized spacial score (nSPS) is 26.5. The molecule has 0 saturated carbocycles. The Balaban J connectivity index is 1.89. The van der Waals surface area contributed by atoms with Gasteiger partial charge >= 0.3 is 0 Å². The topological polar surface area (TPSA) is 41.3 Å². The maximum absolute atomic E-state index is 5.61. The maximum Gasteiger partial charge on any atom is 0.155 e. The van der Waals surface area contributed by atoms with Crippen LogP contribution in [0.3, 0.4) is 0 Å². The van der Waals surface area contributed by atoms with Crippen LogP contribution in [0, 0.1) is 0 Å². The summed E-state index contributed by atoms with van der Waals surface area (Å²) in [6.07, 6.45) is 0.359. The fourth-order valence-corrected chi connectivity index (χ4v) is 2.08. The van der Waals surface area contributed by atoms with Crippen LogP contribution in [-0.2, 0) is 11.3 Å².